The highest BCUT2D eigenvalue weighted by molar-refractivity contribution is 5.38. The van der Waals surface area contributed by atoms with Crippen molar-refractivity contribution in [2.45, 2.75) is 19.2 Å². The lowest BCUT2D eigenvalue weighted by molar-refractivity contribution is -0.137. The van der Waals surface area contributed by atoms with Crippen LogP contribution in [0, 0.1) is 0 Å². The van der Waals surface area contributed by atoms with Crippen molar-refractivity contribution in [2.75, 3.05) is 0 Å². The Labute approximate surface area is 110 Å². The fraction of sp³-hybridized carbons (Fsp3) is 0.250. The molecule has 1 heterocycles. The molecule has 3 nitrogen and oxygen atoms in total. The molecule has 1 aromatic heterocycles. The zero-order valence-electron chi connectivity index (χ0n) is 9.90. The highest BCUT2D eigenvalue weighted by atomic mass is 19.4. The summed E-state index contributed by atoms with van der Waals surface area (Å²) >= 11 is 0. The van der Waals surface area contributed by atoms with Gasteiger partial charge in [-0.1, -0.05) is 0 Å². The topological polar surface area (TPSA) is 38.1 Å². The van der Waals surface area contributed by atoms with Crippen LogP contribution in [0.1, 0.15) is 23.2 Å². The highest BCUT2D eigenvalue weighted by Crippen LogP contribution is 2.31. The molecule has 1 N–H and O–H groups in total. The van der Waals surface area contributed by atoms with Crippen LogP contribution in [-0.2, 0) is 12.8 Å². The number of hydrogen-bond donors (Lipinski definition) is 1. The molecule has 0 radical (unpaired) electrons. The quantitative estimate of drug-likeness (QED) is 0.881. The summed E-state index contributed by atoms with van der Waals surface area (Å²) in [5.74, 6) is 0. The van der Waals surface area contributed by atoms with Crippen LogP contribution in [0.2, 0.25) is 0 Å². The lowest BCUT2D eigenvalue weighted by Crippen LogP contribution is -2.07. The van der Waals surface area contributed by atoms with Crippen LogP contribution >= 0.6 is 0 Å². The molecule has 0 bridgehead atoms. The standard InChI is InChI=1S/C12H9F5N2O/c13-11(14)10-7(6-20)5-18-19(10)9-3-1-8(2-4-9)12(15,16)17/h1-5,11,20H,6H2. The molecule has 0 atom stereocenters. The van der Waals surface area contributed by atoms with Gasteiger partial charge in [0.1, 0.15) is 5.69 Å². The van der Waals surface area contributed by atoms with Crippen LogP contribution in [0.25, 0.3) is 5.69 Å². The van der Waals surface area contributed by atoms with Crippen LogP contribution in [0.3, 0.4) is 0 Å². The lowest BCUT2D eigenvalue weighted by atomic mass is 10.2. The van der Waals surface area contributed by atoms with Gasteiger partial charge in [0.2, 0.25) is 0 Å². The minimum atomic E-state index is -4.50. The van der Waals surface area contributed by atoms with Gasteiger partial charge in [0.15, 0.2) is 0 Å². The van der Waals surface area contributed by atoms with Crippen molar-refractivity contribution in [2.24, 2.45) is 0 Å². The Kier molecular flexibility index (Phi) is 3.76. The molecule has 1 aromatic carbocycles. The number of aliphatic hydroxyl groups is 1. The summed E-state index contributed by atoms with van der Waals surface area (Å²) in [7, 11) is 0. The third kappa shape index (κ3) is 2.64. The minimum absolute atomic E-state index is 0.0630. The van der Waals surface area contributed by atoms with Crippen molar-refractivity contribution in [3.05, 3.63) is 47.3 Å². The summed E-state index contributed by atoms with van der Waals surface area (Å²) in [6.07, 6.45) is -6.34. The normalized spacial score (nSPS) is 12.2. The SMILES string of the molecule is OCc1cnn(-c2ccc(C(F)(F)F)cc2)c1C(F)F. The number of alkyl halides is 5. The van der Waals surface area contributed by atoms with Gasteiger partial charge >= 0.3 is 6.18 Å². The predicted molar refractivity (Wildman–Crippen MR) is 59.4 cm³/mol. The maximum absolute atomic E-state index is 12.9. The number of rotatable bonds is 3. The van der Waals surface area contributed by atoms with E-state index in [0.29, 0.717) is 0 Å². The molecule has 0 saturated carbocycles. The predicted octanol–water partition coefficient (Wildman–Crippen LogP) is 3.32. The molecule has 0 aliphatic heterocycles. The van der Waals surface area contributed by atoms with Crippen LogP contribution in [0.5, 0.6) is 0 Å². The largest absolute Gasteiger partial charge is 0.416 e. The minimum Gasteiger partial charge on any atom is -0.392 e. The number of benzene rings is 1. The van der Waals surface area contributed by atoms with E-state index in [-0.39, 0.29) is 11.3 Å². The van der Waals surface area contributed by atoms with Gasteiger partial charge in [0.25, 0.3) is 6.43 Å². The molecule has 8 heteroatoms. The first kappa shape index (κ1) is 14.4. The molecule has 2 aromatic rings. The van der Waals surface area contributed by atoms with Crippen molar-refractivity contribution >= 4 is 0 Å². The third-order valence-electron chi connectivity index (χ3n) is 2.70. The Morgan fingerprint density at radius 1 is 1.15 bits per heavy atom. The summed E-state index contributed by atoms with van der Waals surface area (Å²) in [6, 6.07) is 3.65. The number of nitrogens with zero attached hydrogens (tertiary/aromatic N) is 2. The molecule has 2 rings (SSSR count). The molecule has 0 saturated heterocycles. The van der Waals surface area contributed by atoms with Gasteiger partial charge in [-0.25, -0.2) is 13.5 Å². The van der Waals surface area contributed by atoms with Gasteiger partial charge in [-0.05, 0) is 24.3 Å². The van der Waals surface area contributed by atoms with Gasteiger partial charge in [0.05, 0.1) is 24.1 Å². The van der Waals surface area contributed by atoms with E-state index in [9.17, 15) is 22.0 Å². The van der Waals surface area contributed by atoms with Crippen molar-refractivity contribution in [1.82, 2.24) is 9.78 Å². The zero-order valence-corrected chi connectivity index (χ0v) is 9.90. The number of hydrogen-bond acceptors (Lipinski definition) is 2. The first-order valence-electron chi connectivity index (χ1n) is 5.48. The fourth-order valence-corrected chi connectivity index (χ4v) is 1.74. The Morgan fingerprint density at radius 3 is 2.20 bits per heavy atom. The molecular formula is C12H9F5N2O. The second-order valence-corrected chi connectivity index (χ2v) is 3.97. The highest BCUT2D eigenvalue weighted by Gasteiger charge is 2.30. The smallest absolute Gasteiger partial charge is 0.392 e. The molecule has 0 aliphatic carbocycles. The summed E-state index contributed by atoms with van der Waals surface area (Å²) in [5, 5.41) is 12.6. The van der Waals surface area contributed by atoms with E-state index in [1.807, 2.05) is 0 Å². The lowest BCUT2D eigenvalue weighted by Gasteiger charge is -2.10. The second-order valence-electron chi connectivity index (χ2n) is 3.97. The summed E-state index contributed by atoms with van der Waals surface area (Å²) in [5.41, 5.74) is -1.42. The summed E-state index contributed by atoms with van der Waals surface area (Å²) in [6.45, 7) is -0.625. The van der Waals surface area contributed by atoms with Gasteiger partial charge in [0, 0.05) is 5.56 Å². The Bertz CT molecular complexity index is 589. The van der Waals surface area contributed by atoms with Crippen molar-refractivity contribution < 1.29 is 27.1 Å². The average Bonchev–Trinajstić information content (AvgIpc) is 2.81. The van der Waals surface area contributed by atoms with E-state index in [1.54, 1.807) is 0 Å². The molecule has 0 unspecified atom stereocenters. The molecule has 0 spiro atoms. The average molecular weight is 292 g/mol. The number of aromatic nitrogens is 2. The molecule has 0 fully saturated rings. The van der Waals surface area contributed by atoms with Crippen LogP contribution in [0.4, 0.5) is 22.0 Å². The number of aliphatic hydroxyl groups excluding tert-OH is 1. The zero-order chi connectivity index (χ0) is 14.9. The summed E-state index contributed by atoms with van der Waals surface area (Å²) < 4.78 is 63.9. The first-order chi connectivity index (χ1) is 9.34. The molecular weight excluding hydrogens is 283 g/mol. The van der Waals surface area contributed by atoms with Crippen molar-refractivity contribution in [1.29, 1.82) is 0 Å². The summed E-state index contributed by atoms with van der Waals surface area (Å²) in [4.78, 5) is 0. The third-order valence-corrected chi connectivity index (χ3v) is 2.70. The Morgan fingerprint density at radius 2 is 1.75 bits per heavy atom. The molecule has 20 heavy (non-hydrogen) atoms. The molecule has 0 amide bonds. The van der Waals surface area contributed by atoms with Gasteiger partial charge in [-0.2, -0.15) is 18.3 Å². The van der Waals surface area contributed by atoms with E-state index in [0.717, 1.165) is 35.1 Å². The Balaban J connectivity index is 2.45. The second kappa shape index (κ2) is 5.20. The van der Waals surface area contributed by atoms with Gasteiger partial charge < -0.3 is 5.11 Å². The number of halogens is 5. The van der Waals surface area contributed by atoms with E-state index < -0.39 is 30.5 Å². The van der Waals surface area contributed by atoms with Crippen LogP contribution in [-0.4, -0.2) is 14.9 Å². The maximum atomic E-state index is 12.9. The van der Waals surface area contributed by atoms with Gasteiger partial charge in [-0.15, -0.1) is 0 Å². The monoisotopic (exact) mass is 292 g/mol. The van der Waals surface area contributed by atoms with Crippen LogP contribution < -0.4 is 0 Å². The van der Waals surface area contributed by atoms with Crippen molar-refractivity contribution in [3.63, 3.8) is 0 Å². The molecule has 108 valence electrons. The molecule has 0 aliphatic rings. The fourth-order valence-electron chi connectivity index (χ4n) is 1.74. The van der Waals surface area contributed by atoms with E-state index in [1.165, 1.54) is 0 Å². The van der Waals surface area contributed by atoms with E-state index in [2.05, 4.69) is 5.10 Å². The van der Waals surface area contributed by atoms with Crippen molar-refractivity contribution in [3.8, 4) is 5.69 Å². The Hall–Kier alpha value is -1.96. The first-order valence-corrected chi connectivity index (χ1v) is 5.48. The van der Waals surface area contributed by atoms with Crippen LogP contribution in [0.15, 0.2) is 30.5 Å². The van der Waals surface area contributed by atoms with E-state index in [4.69, 9.17) is 5.11 Å². The van der Waals surface area contributed by atoms with Gasteiger partial charge in [-0.3, -0.25) is 0 Å². The maximum Gasteiger partial charge on any atom is 0.416 e. The van der Waals surface area contributed by atoms with E-state index >= 15 is 0 Å².